The summed E-state index contributed by atoms with van der Waals surface area (Å²) >= 11 is 7.92. The number of hydrogen-bond donors (Lipinski definition) is 0. The predicted octanol–water partition coefficient (Wildman–Crippen LogP) is 5.26. The number of ether oxygens (including phenoxy) is 1. The minimum Gasteiger partial charge on any atom is -0.482 e. The lowest BCUT2D eigenvalue weighted by molar-refractivity contribution is 0.277. The summed E-state index contributed by atoms with van der Waals surface area (Å²) in [5, 5.41) is 2.29. The number of halogens is 4. The predicted molar refractivity (Wildman–Crippen MR) is 75.3 cm³/mol. The summed E-state index contributed by atoms with van der Waals surface area (Å²) < 4.78 is 33.4. The molecule has 0 aliphatic rings. The van der Waals surface area contributed by atoms with Gasteiger partial charge in [0.25, 0.3) is 0 Å². The Hall–Kier alpha value is -0.460. The maximum Gasteiger partial charge on any atom is 0.191 e. The second kappa shape index (κ2) is 6.12. The van der Waals surface area contributed by atoms with Gasteiger partial charge in [-0.05, 0) is 39.7 Å². The molecule has 96 valence electrons. The molecule has 0 saturated heterocycles. The number of hydrogen-bond acceptors (Lipinski definition) is 2. The minimum atomic E-state index is -0.680. The summed E-state index contributed by atoms with van der Waals surface area (Å²) in [4.78, 5) is 0.894. The molecule has 0 fully saturated rings. The molecule has 2 aromatic rings. The van der Waals surface area contributed by atoms with Crippen molar-refractivity contribution < 1.29 is 13.5 Å². The zero-order chi connectivity index (χ0) is 13.1. The Morgan fingerprint density at radius 3 is 2.33 bits per heavy atom. The van der Waals surface area contributed by atoms with Crippen LogP contribution in [0.1, 0.15) is 10.4 Å². The second-order valence-corrected chi connectivity index (χ2v) is 6.01. The standard InChI is InChI=1S/C12H8Br2F2OS/c13-4-7-1-10(15)12(11(16)2-7)17-5-9-3-8(14)6-18-9/h1-3,6H,4-5H2. The van der Waals surface area contributed by atoms with Crippen molar-refractivity contribution in [2.45, 2.75) is 11.9 Å². The highest BCUT2D eigenvalue weighted by Gasteiger charge is 2.13. The normalized spacial score (nSPS) is 10.7. The van der Waals surface area contributed by atoms with Gasteiger partial charge in [-0.25, -0.2) is 8.78 Å². The number of alkyl halides is 1. The van der Waals surface area contributed by atoms with Gasteiger partial charge in [0.1, 0.15) is 6.61 Å². The summed E-state index contributed by atoms with van der Waals surface area (Å²) in [6.45, 7) is 0.151. The van der Waals surface area contributed by atoms with Crippen LogP contribution in [0.5, 0.6) is 5.75 Å². The monoisotopic (exact) mass is 396 g/mol. The van der Waals surface area contributed by atoms with Crippen molar-refractivity contribution in [1.29, 1.82) is 0 Å². The Bertz CT molecular complexity index is 534. The molecule has 0 radical (unpaired) electrons. The van der Waals surface area contributed by atoms with Gasteiger partial charge in [0.2, 0.25) is 0 Å². The summed E-state index contributed by atoms with van der Waals surface area (Å²) in [6, 6.07) is 4.38. The fourth-order valence-electron chi connectivity index (χ4n) is 1.40. The Labute approximate surface area is 124 Å². The molecule has 0 aliphatic carbocycles. The lowest BCUT2D eigenvalue weighted by atomic mass is 10.2. The lowest BCUT2D eigenvalue weighted by Gasteiger charge is -2.08. The molecule has 18 heavy (non-hydrogen) atoms. The topological polar surface area (TPSA) is 9.23 Å². The quantitative estimate of drug-likeness (QED) is 0.639. The van der Waals surface area contributed by atoms with Crippen molar-refractivity contribution in [3.8, 4) is 5.75 Å². The van der Waals surface area contributed by atoms with Crippen LogP contribution >= 0.6 is 43.2 Å². The van der Waals surface area contributed by atoms with Crippen molar-refractivity contribution >= 4 is 43.2 Å². The molecule has 0 aliphatic heterocycles. The lowest BCUT2D eigenvalue weighted by Crippen LogP contribution is -1.99. The first-order valence-electron chi connectivity index (χ1n) is 4.99. The van der Waals surface area contributed by atoms with Crippen LogP contribution in [0.3, 0.4) is 0 Å². The Balaban J connectivity index is 2.14. The van der Waals surface area contributed by atoms with Gasteiger partial charge in [0.05, 0.1) is 0 Å². The number of rotatable bonds is 4. The third-order valence-electron chi connectivity index (χ3n) is 2.19. The first-order chi connectivity index (χ1) is 8.60. The average Bonchev–Trinajstić information content (AvgIpc) is 2.73. The van der Waals surface area contributed by atoms with Gasteiger partial charge >= 0.3 is 0 Å². The van der Waals surface area contributed by atoms with Gasteiger partial charge in [-0.1, -0.05) is 15.9 Å². The molecule has 1 aromatic carbocycles. The molecule has 0 saturated carbocycles. The summed E-state index contributed by atoms with van der Waals surface area (Å²) in [5.74, 6) is -1.69. The van der Waals surface area contributed by atoms with Crippen molar-refractivity contribution in [1.82, 2.24) is 0 Å². The zero-order valence-corrected chi connectivity index (χ0v) is 13.0. The maximum atomic E-state index is 13.6. The van der Waals surface area contributed by atoms with Crippen LogP contribution in [0.25, 0.3) is 0 Å². The van der Waals surface area contributed by atoms with Crippen molar-refractivity contribution in [2.24, 2.45) is 0 Å². The van der Waals surface area contributed by atoms with Gasteiger partial charge in [-0.3, -0.25) is 0 Å². The highest BCUT2D eigenvalue weighted by Crippen LogP contribution is 2.27. The third-order valence-corrected chi connectivity index (χ3v) is 4.51. The van der Waals surface area contributed by atoms with Crippen LogP contribution < -0.4 is 4.74 Å². The van der Waals surface area contributed by atoms with Gasteiger partial charge in [-0.15, -0.1) is 11.3 Å². The molecule has 1 nitrogen and oxygen atoms in total. The van der Waals surface area contributed by atoms with E-state index in [9.17, 15) is 8.78 Å². The minimum absolute atomic E-state index is 0.151. The maximum absolute atomic E-state index is 13.6. The first kappa shape index (κ1) is 14.0. The Kier molecular flexibility index (Phi) is 4.75. The fraction of sp³-hybridized carbons (Fsp3) is 0.167. The molecule has 0 amide bonds. The third kappa shape index (κ3) is 3.30. The van der Waals surface area contributed by atoms with E-state index in [4.69, 9.17) is 4.74 Å². The summed E-state index contributed by atoms with van der Waals surface area (Å²) in [7, 11) is 0. The molecule has 6 heteroatoms. The zero-order valence-electron chi connectivity index (χ0n) is 9.05. The van der Waals surface area contributed by atoms with Crippen molar-refractivity contribution in [2.75, 3.05) is 0 Å². The van der Waals surface area contributed by atoms with E-state index in [1.54, 1.807) is 0 Å². The molecule has 2 rings (SSSR count). The molecule has 0 atom stereocenters. The smallest absolute Gasteiger partial charge is 0.191 e. The van der Waals surface area contributed by atoms with Crippen LogP contribution in [0, 0.1) is 11.6 Å². The van der Waals surface area contributed by atoms with Crippen LogP contribution in [0.4, 0.5) is 8.78 Å². The fourth-order valence-corrected chi connectivity index (χ4v) is 3.09. The van der Waals surface area contributed by atoms with E-state index in [0.717, 1.165) is 9.35 Å². The van der Waals surface area contributed by atoms with Crippen LogP contribution in [-0.4, -0.2) is 0 Å². The molecule has 0 unspecified atom stereocenters. The van der Waals surface area contributed by atoms with E-state index in [-0.39, 0.29) is 12.4 Å². The number of benzene rings is 1. The SMILES string of the molecule is Fc1cc(CBr)cc(F)c1OCc1cc(Br)cs1. The van der Waals surface area contributed by atoms with E-state index in [2.05, 4.69) is 31.9 Å². The average molecular weight is 398 g/mol. The van der Waals surface area contributed by atoms with Gasteiger partial charge < -0.3 is 4.74 Å². The second-order valence-electron chi connectivity index (χ2n) is 3.54. The van der Waals surface area contributed by atoms with E-state index in [1.807, 2.05) is 11.4 Å². The van der Waals surface area contributed by atoms with E-state index >= 15 is 0 Å². The van der Waals surface area contributed by atoms with Crippen molar-refractivity contribution in [3.63, 3.8) is 0 Å². The highest BCUT2D eigenvalue weighted by molar-refractivity contribution is 9.10. The first-order valence-corrected chi connectivity index (χ1v) is 7.79. The molecule has 0 N–H and O–H groups in total. The molecule has 0 bridgehead atoms. The molecular formula is C12H8Br2F2OS. The highest BCUT2D eigenvalue weighted by atomic mass is 79.9. The molecule has 0 spiro atoms. The van der Waals surface area contributed by atoms with Gasteiger partial charge in [-0.2, -0.15) is 0 Å². The molecule has 1 aromatic heterocycles. The van der Waals surface area contributed by atoms with Gasteiger partial charge in [0.15, 0.2) is 17.4 Å². The van der Waals surface area contributed by atoms with E-state index in [0.29, 0.717) is 10.9 Å². The summed E-state index contributed by atoms with van der Waals surface area (Å²) in [6.07, 6.45) is 0. The largest absolute Gasteiger partial charge is 0.482 e. The van der Waals surface area contributed by atoms with E-state index in [1.165, 1.54) is 23.5 Å². The Morgan fingerprint density at radius 2 is 1.83 bits per heavy atom. The Morgan fingerprint density at radius 1 is 1.17 bits per heavy atom. The summed E-state index contributed by atoms with van der Waals surface area (Å²) in [5.41, 5.74) is 0.538. The molecular weight excluding hydrogens is 390 g/mol. The molecule has 1 heterocycles. The van der Waals surface area contributed by atoms with Crippen LogP contribution in [-0.2, 0) is 11.9 Å². The number of thiophene rings is 1. The van der Waals surface area contributed by atoms with Crippen LogP contribution in [0.2, 0.25) is 0 Å². The van der Waals surface area contributed by atoms with E-state index < -0.39 is 11.6 Å². The van der Waals surface area contributed by atoms with Crippen LogP contribution in [0.15, 0.2) is 28.1 Å². The van der Waals surface area contributed by atoms with Gasteiger partial charge in [0, 0.05) is 20.1 Å². The van der Waals surface area contributed by atoms with Crippen molar-refractivity contribution in [3.05, 3.63) is 50.1 Å².